The number of nitrogens with zero attached hydrogens (tertiary/aromatic N) is 2. The Labute approximate surface area is 86.9 Å². The highest BCUT2D eigenvalue weighted by atomic mass is 16.2. The summed E-state index contributed by atoms with van der Waals surface area (Å²) in [5, 5.41) is 0. The molecule has 1 aliphatic rings. The molecule has 2 N–H and O–H groups in total. The molecular weight excluding hydrogens is 194 g/mol. The zero-order valence-corrected chi connectivity index (χ0v) is 8.14. The Morgan fingerprint density at radius 3 is 2.67 bits per heavy atom. The fourth-order valence-electron chi connectivity index (χ4n) is 1.44. The highest BCUT2D eigenvalue weighted by Gasteiger charge is 2.25. The van der Waals surface area contributed by atoms with Crippen molar-refractivity contribution in [3.05, 3.63) is 29.6 Å². The lowest BCUT2D eigenvalue weighted by atomic mass is 10.1. The lowest BCUT2D eigenvalue weighted by Gasteiger charge is -2.30. The number of aromatic nitrogens is 1. The van der Waals surface area contributed by atoms with E-state index in [4.69, 9.17) is 5.73 Å². The third-order valence-electron chi connectivity index (χ3n) is 2.42. The molecule has 2 heterocycles. The van der Waals surface area contributed by atoms with Crippen LogP contribution in [0.1, 0.15) is 27.3 Å². The van der Waals surface area contributed by atoms with Gasteiger partial charge in [0.2, 0.25) is 0 Å². The number of rotatable bonds is 2. The van der Waals surface area contributed by atoms with Crippen molar-refractivity contribution >= 4 is 11.8 Å². The Bertz CT molecular complexity index is 413. The first-order chi connectivity index (χ1) is 7.20. The summed E-state index contributed by atoms with van der Waals surface area (Å²) >= 11 is 0. The average molecular weight is 205 g/mol. The van der Waals surface area contributed by atoms with Gasteiger partial charge in [0, 0.05) is 19.3 Å². The van der Waals surface area contributed by atoms with E-state index in [9.17, 15) is 9.59 Å². The maximum Gasteiger partial charge on any atom is 0.273 e. The lowest BCUT2D eigenvalue weighted by Crippen LogP contribution is -2.43. The fourth-order valence-corrected chi connectivity index (χ4v) is 1.44. The Morgan fingerprint density at radius 2 is 2.13 bits per heavy atom. The molecule has 15 heavy (non-hydrogen) atoms. The molecule has 2 rings (SSSR count). The van der Waals surface area contributed by atoms with Crippen LogP contribution in [0.5, 0.6) is 0 Å². The van der Waals surface area contributed by atoms with Crippen molar-refractivity contribution < 1.29 is 9.59 Å². The van der Waals surface area contributed by atoms with Gasteiger partial charge in [-0.1, -0.05) is 0 Å². The standard InChI is InChI=1S/C10H11N3O2/c11-9(14)7-3-1-4-12-8(7)10(15)13-5-2-6-13/h1,3-4H,2,5-6H2,(H2,11,14). The van der Waals surface area contributed by atoms with Crippen molar-refractivity contribution in [1.29, 1.82) is 0 Å². The molecule has 1 aliphatic heterocycles. The predicted molar refractivity (Wildman–Crippen MR) is 53.3 cm³/mol. The summed E-state index contributed by atoms with van der Waals surface area (Å²) in [7, 11) is 0. The SMILES string of the molecule is NC(=O)c1cccnc1C(=O)N1CCC1. The van der Waals surface area contributed by atoms with Crippen LogP contribution < -0.4 is 5.73 Å². The van der Waals surface area contributed by atoms with Gasteiger partial charge in [-0.15, -0.1) is 0 Å². The van der Waals surface area contributed by atoms with Crippen molar-refractivity contribution in [1.82, 2.24) is 9.88 Å². The third-order valence-corrected chi connectivity index (χ3v) is 2.42. The minimum Gasteiger partial charge on any atom is -0.366 e. The predicted octanol–water partition coefficient (Wildman–Crippen LogP) is 0.0264. The van der Waals surface area contributed by atoms with Crippen LogP contribution in [0.25, 0.3) is 0 Å². The van der Waals surface area contributed by atoms with E-state index in [-0.39, 0.29) is 17.2 Å². The van der Waals surface area contributed by atoms with Crippen LogP contribution in [-0.2, 0) is 0 Å². The minimum absolute atomic E-state index is 0.157. The number of hydrogen-bond donors (Lipinski definition) is 1. The average Bonchev–Trinajstić information content (AvgIpc) is 2.15. The number of likely N-dealkylation sites (tertiary alicyclic amines) is 1. The molecule has 1 saturated heterocycles. The van der Waals surface area contributed by atoms with E-state index in [2.05, 4.69) is 4.98 Å². The maximum atomic E-state index is 11.8. The van der Waals surface area contributed by atoms with Crippen molar-refractivity contribution in [3.63, 3.8) is 0 Å². The molecule has 0 saturated carbocycles. The Balaban J connectivity index is 2.33. The van der Waals surface area contributed by atoms with Gasteiger partial charge in [-0.3, -0.25) is 14.6 Å². The van der Waals surface area contributed by atoms with Crippen LogP contribution in [-0.4, -0.2) is 34.8 Å². The number of pyridine rings is 1. The molecule has 0 aromatic carbocycles. The highest BCUT2D eigenvalue weighted by Crippen LogP contribution is 2.13. The van der Waals surface area contributed by atoms with Crippen LogP contribution in [0.2, 0.25) is 0 Å². The summed E-state index contributed by atoms with van der Waals surface area (Å²) in [6.07, 6.45) is 2.49. The van der Waals surface area contributed by atoms with Gasteiger partial charge in [0.15, 0.2) is 0 Å². The van der Waals surface area contributed by atoms with E-state index in [1.54, 1.807) is 11.0 Å². The van der Waals surface area contributed by atoms with E-state index in [1.807, 2.05) is 0 Å². The number of nitrogens with two attached hydrogens (primary N) is 1. The molecule has 0 bridgehead atoms. The molecule has 0 atom stereocenters. The number of carbonyl (C=O) groups is 2. The quantitative estimate of drug-likeness (QED) is 0.739. The summed E-state index contributed by atoms with van der Waals surface area (Å²) in [5.41, 5.74) is 5.51. The summed E-state index contributed by atoms with van der Waals surface area (Å²) in [4.78, 5) is 28.4. The first-order valence-electron chi connectivity index (χ1n) is 4.74. The monoisotopic (exact) mass is 205 g/mol. The molecule has 5 heteroatoms. The number of hydrogen-bond acceptors (Lipinski definition) is 3. The van der Waals surface area contributed by atoms with E-state index in [0.717, 1.165) is 19.5 Å². The van der Waals surface area contributed by atoms with Crippen molar-refractivity contribution in [2.45, 2.75) is 6.42 Å². The molecule has 0 radical (unpaired) electrons. The molecule has 1 aromatic rings. The van der Waals surface area contributed by atoms with Gasteiger partial charge in [0.05, 0.1) is 5.56 Å². The zero-order valence-electron chi connectivity index (χ0n) is 8.14. The van der Waals surface area contributed by atoms with Crippen LogP contribution in [0, 0.1) is 0 Å². The maximum absolute atomic E-state index is 11.8. The lowest BCUT2D eigenvalue weighted by molar-refractivity contribution is 0.0641. The van der Waals surface area contributed by atoms with Crippen LogP contribution >= 0.6 is 0 Å². The second kappa shape index (κ2) is 3.68. The van der Waals surface area contributed by atoms with Gasteiger partial charge in [0.25, 0.3) is 11.8 Å². The van der Waals surface area contributed by atoms with E-state index < -0.39 is 5.91 Å². The number of amides is 2. The third kappa shape index (κ3) is 1.68. The molecule has 0 spiro atoms. The molecule has 5 nitrogen and oxygen atoms in total. The second-order valence-electron chi connectivity index (χ2n) is 3.41. The van der Waals surface area contributed by atoms with Gasteiger partial charge in [-0.25, -0.2) is 0 Å². The topological polar surface area (TPSA) is 76.3 Å². The van der Waals surface area contributed by atoms with Crippen molar-refractivity contribution in [2.24, 2.45) is 5.73 Å². The largest absolute Gasteiger partial charge is 0.366 e. The van der Waals surface area contributed by atoms with Gasteiger partial charge < -0.3 is 10.6 Å². The molecule has 1 fully saturated rings. The van der Waals surface area contributed by atoms with Crippen LogP contribution in [0.15, 0.2) is 18.3 Å². The first kappa shape index (κ1) is 9.64. The Kier molecular flexibility index (Phi) is 2.37. The highest BCUT2D eigenvalue weighted by molar-refractivity contribution is 6.05. The molecule has 0 unspecified atom stereocenters. The number of primary amides is 1. The summed E-state index contributed by atoms with van der Waals surface area (Å²) in [5.74, 6) is -0.831. The molecule has 2 amide bonds. The fraction of sp³-hybridized carbons (Fsp3) is 0.300. The van der Waals surface area contributed by atoms with Crippen molar-refractivity contribution in [3.8, 4) is 0 Å². The molecule has 1 aromatic heterocycles. The molecule has 78 valence electrons. The first-order valence-corrected chi connectivity index (χ1v) is 4.74. The van der Waals surface area contributed by atoms with Gasteiger partial charge >= 0.3 is 0 Å². The minimum atomic E-state index is -0.619. The molecule has 0 aliphatic carbocycles. The van der Waals surface area contributed by atoms with E-state index >= 15 is 0 Å². The van der Waals surface area contributed by atoms with Gasteiger partial charge in [0.1, 0.15) is 5.69 Å². The normalized spacial score (nSPS) is 14.5. The van der Waals surface area contributed by atoms with Gasteiger partial charge in [-0.2, -0.15) is 0 Å². The zero-order chi connectivity index (χ0) is 10.8. The Morgan fingerprint density at radius 1 is 1.40 bits per heavy atom. The second-order valence-corrected chi connectivity index (χ2v) is 3.41. The summed E-state index contributed by atoms with van der Waals surface area (Å²) < 4.78 is 0. The smallest absolute Gasteiger partial charge is 0.273 e. The summed E-state index contributed by atoms with van der Waals surface area (Å²) in [6.45, 7) is 1.46. The van der Waals surface area contributed by atoms with Crippen molar-refractivity contribution in [2.75, 3.05) is 13.1 Å². The van der Waals surface area contributed by atoms with E-state index in [0.29, 0.717) is 0 Å². The molecular formula is C10H11N3O2. The van der Waals surface area contributed by atoms with Crippen LogP contribution in [0.4, 0.5) is 0 Å². The summed E-state index contributed by atoms with van der Waals surface area (Å²) in [6, 6.07) is 3.11. The van der Waals surface area contributed by atoms with Crippen LogP contribution in [0.3, 0.4) is 0 Å². The van der Waals surface area contributed by atoms with Gasteiger partial charge in [-0.05, 0) is 18.6 Å². The Hall–Kier alpha value is -1.91. The van der Waals surface area contributed by atoms with E-state index in [1.165, 1.54) is 12.3 Å². The number of carbonyl (C=O) groups excluding carboxylic acids is 2.